The van der Waals surface area contributed by atoms with E-state index in [2.05, 4.69) is 5.32 Å². The van der Waals surface area contributed by atoms with Crippen molar-refractivity contribution in [3.05, 3.63) is 120 Å². The van der Waals surface area contributed by atoms with Crippen LogP contribution in [0.5, 0.6) is 11.5 Å². The van der Waals surface area contributed by atoms with E-state index in [1.165, 1.54) is 4.31 Å². The van der Waals surface area contributed by atoms with Crippen LogP contribution in [0.3, 0.4) is 0 Å². The third-order valence-corrected chi connectivity index (χ3v) is 7.64. The Morgan fingerprint density at radius 3 is 2.16 bits per heavy atom. The van der Waals surface area contributed by atoms with Gasteiger partial charge in [-0.15, -0.1) is 0 Å². The lowest BCUT2D eigenvalue weighted by molar-refractivity contribution is -0.122. The van der Waals surface area contributed by atoms with Crippen LogP contribution in [0.1, 0.15) is 11.1 Å². The van der Waals surface area contributed by atoms with Gasteiger partial charge in [0.05, 0.1) is 18.0 Å². The molecule has 0 bridgehead atoms. The van der Waals surface area contributed by atoms with Crippen LogP contribution in [0.25, 0.3) is 0 Å². The standard InChI is InChI=1S/C29H26N2O5S/c32-29(30-24-15-17-25(18-16-24)35-20-22-9-3-1-4-10-22)28-19-31(26-13-7-8-14-27(26)36-28)37(33,34)21-23-11-5-2-6-12-23/h1-18,28H,19-21H2,(H,30,32)/t28-/m1/s1. The van der Waals surface area contributed by atoms with Gasteiger partial charge in [0, 0.05) is 5.69 Å². The van der Waals surface area contributed by atoms with Crippen molar-refractivity contribution in [2.45, 2.75) is 18.5 Å². The summed E-state index contributed by atoms with van der Waals surface area (Å²) in [6.07, 6.45) is -1.02. The Morgan fingerprint density at radius 2 is 1.46 bits per heavy atom. The van der Waals surface area contributed by atoms with Crippen molar-refractivity contribution in [1.82, 2.24) is 0 Å². The number of rotatable bonds is 8. The molecule has 0 saturated carbocycles. The average Bonchev–Trinajstić information content (AvgIpc) is 2.93. The molecular weight excluding hydrogens is 488 g/mol. The first-order valence-electron chi connectivity index (χ1n) is 11.9. The molecule has 0 aromatic heterocycles. The monoisotopic (exact) mass is 514 g/mol. The summed E-state index contributed by atoms with van der Waals surface area (Å²) >= 11 is 0. The van der Waals surface area contributed by atoms with Crippen LogP contribution in [0.4, 0.5) is 11.4 Å². The Bertz CT molecular complexity index is 1460. The van der Waals surface area contributed by atoms with E-state index in [1.807, 2.05) is 36.4 Å². The fourth-order valence-corrected chi connectivity index (χ4v) is 5.65. The van der Waals surface area contributed by atoms with E-state index >= 15 is 0 Å². The summed E-state index contributed by atoms with van der Waals surface area (Å²) in [6, 6.07) is 32.6. The largest absolute Gasteiger partial charge is 0.489 e. The van der Waals surface area contributed by atoms with Crippen LogP contribution < -0.4 is 19.1 Å². The van der Waals surface area contributed by atoms with Crippen LogP contribution in [0.15, 0.2) is 109 Å². The van der Waals surface area contributed by atoms with E-state index in [0.717, 1.165) is 5.56 Å². The molecule has 37 heavy (non-hydrogen) atoms. The number of nitrogens with one attached hydrogen (secondary N) is 1. The third kappa shape index (κ3) is 5.92. The molecule has 4 aromatic carbocycles. The number of hydrogen-bond donors (Lipinski definition) is 1. The molecule has 188 valence electrons. The molecule has 0 unspecified atom stereocenters. The topological polar surface area (TPSA) is 84.9 Å². The molecule has 7 nitrogen and oxygen atoms in total. The van der Waals surface area contributed by atoms with Gasteiger partial charge in [-0.3, -0.25) is 9.10 Å². The molecule has 1 atom stereocenters. The number of sulfonamides is 1. The molecule has 0 spiro atoms. The second-order valence-corrected chi connectivity index (χ2v) is 10.5. The smallest absolute Gasteiger partial charge is 0.267 e. The summed E-state index contributed by atoms with van der Waals surface area (Å²) in [6.45, 7) is 0.311. The predicted octanol–water partition coefficient (Wildman–Crippen LogP) is 5.00. The van der Waals surface area contributed by atoms with Gasteiger partial charge in [0.1, 0.15) is 18.1 Å². The number of amides is 1. The first-order valence-corrected chi connectivity index (χ1v) is 13.5. The first-order chi connectivity index (χ1) is 18.0. The van der Waals surface area contributed by atoms with Gasteiger partial charge >= 0.3 is 0 Å². The maximum atomic E-state index is 13.4. The van der Waals surface area contributed by atoms with Gasteiger partial charge in [0.2, 0.25) is 10.0 Å². The second-order valence-electron chi connectivity index (χ2n) is 8.64. The van der Waals surface area contributed by atoms with Crippen LogP contribution in [-0.2, 0) is 27.2 Å². The number of anilines is 2. The van der Waals surface area contributed by atoms with E-state index in [1.54, 1.807) is 72.8 Å². The molecule has 5 rings (SSSR count). The van der Waals surface area contributed by atoms with E-state index < -0.39 is 22.0 Å². The van der Waals surface area contributed by atoms with E-state index in [0.29, 0.717) is 35.0 Å². The van der Waals surface area contributed by atoms with Crippen molar-refractivity contribution in [3.8, 4) is 11.5 Å². The summed E-state index contributed by atoms with van der Waals surface area (Å²) < 4.78 is 39.7. The second kappa shape index (κ2) is 10.8. The minimum atomic E-state index is -3.77. The molecule has 0 radical (unpaired) electrons. The summed E-state index contributed by atoms with van der Waals surface area (Å²) in [5.41, 5.74) is 2.70. The van der Waals surface area contributed by atoms with Crippen molar-refractivity contribution in [2.75, 3.05) is 16.2 Å². The summed E-state index contributed by atoms with van der Waals surface area (Å²) in [5, 5.41) is 2.82. The maximum absolute atomic E-state index is 13.4. The van der Waals surface area contributed by atoms with Crippen LogP contribution in [0, 0.1) is 0 Å². The van der Waals surface area contributed by atoms with Crippen LogP contribution in [0.2, 0.25) is 0 Å². The number of para-hydroxylation sites is 2. The third-order valence-electron chi connectivity index (χ3n) is 5.93. The van der Waals surface area contributed by atoms with Gasteiger partial charge in [-0.05, 0) is 47.5 Å². The van der Waals surface area contributed by atoms with Crippen molar-refractivity contribution in [1.29, 1.82) is 0 Å². The fraction of sp³-hybridized carbons (Fsp3) is 0.138. The number of carbonyl (C=O) groups excluding carboxylic acids is 1. The molecule has 1 aliphatic heterocycles. The first kappa shape index (κ1) is 24.4. The van der Waals surface area contributed by atoms with Gasteiger partial charge in [0.25, 0.3) is 5.91 Å². The fourth-order valence-electron chi connectivity index (χ4n) is 4.06. The van der Waals surface area contributed by atoms with E-state index in [9.17, 15) is 13.2 Å². The molecule has 1 N–H and O–H groups in total. The van der Waals surface area contributed by atoms with Crippen LogP contribution >= 0.6 is 0 Å². The highest BCUT2D eigenvalue weighted by Gasteiger charge is 2.36. The highest BCUT2D eigenvalue weighted by atomic mass is 32.2. The molecule has 8 heteroatoms. The Hall–Kier alpha value is -4.30. The van der Waals surface area contributed by atoms with Crippen molar-refractivity contribution >= 4 is 27.3 Å². The Labute approximate surface area is 216 Å². The Kier molecular flexibility index (Phi) is 7.09. The lowest BCUT2D eigenvalue weighted by Gasteiger charge is -2.34. The van der Waals surface area contributed by atoms with Gasteiger partial charge < -0.3 is 14.8 Å². The van der Waals surface area contributed by atoms with E-state index in [-0.39, 0.29) is 12.3 Å². The summed E-state index contributed by atoms with van der Waals surface area (Å²) in [5.74, 6) is 0.395. The quantitative estimate of drug-likeness (QED) is 0.358. The minimum Gasteiger partial charge on any atom is -0.489 e. The highest BCUT2D eigenvalue weighted by Crippen LogP contribution is 2.36. The minimum absolute atomic E-state index is 0.129. The highest BCUT2D eigenvalue weighted by molar-refractivity contribution is 7.92. The number of nitrogens with zero attached hydrogens (tertiary/aromatic N) is 1. The molecule has 1 heterocycles. The van der Waals surface area contributed by atoms with Gasteiger partial charge in [-0.1, -0.05) is 72.8 Å². The summed E-state index contributed by atoms with van der Waals surface area (Å²) in [7, 11) is -3.77. The van der Waals surface area contributed by atoms with Gasteiger partial charge in [-0.25, -0.2) is 8.42 Å². The van der Waals surface area contributed by atoms with Gasteiger partial charge in [0.15, 0.2) is 6.10 Å². The lowest BCUT2D eigenvalue weighted by Crippen LogP contribution is -2.49. The SMILES string of the molecule is O=C(Nc1ccc(OCc2ccccc2)cc1)[C@H]1CN(S(=O)(=O)Cc2ccccc2)c2ccccc2O1. The van der Waals surface area contributed by atoms with Crippen molar-refractivity contribution in [2.24, 2.45) is 0 Å². The number of carbonyl (C=O) groups is 1. The van der Waals surface area contributed by atoms with Gasteiger partial charge in [-0.2, -0.15) is 0 Å². The zero-order valence-electron chi connectivity index (χ0n) is 20.0. The molecule has 4 aromatic rings. The maximum Gasteiger partial charge on any atom is 0.267 e. The predicted molar refractivity (Wildman–Crippen MR) is 143 cm³/mol. The number of ether oxygens (including phenoxy) is 2. The Morgan fingerprint density at radius 1 is 0.838 bits per heavy atom. The lowest BCUT2D eigenvalue weighted by atomic mass is 10.2. The molecule has 0 fully saturated rings. The molecular formula is C29H26N2O5S. The molecule has 0 saturated heterocycles. The average molecular weight is 515 g/mol. The van der Waals surface area contributed by atoms with E-state index in [4.69, 9.17) is 9.47 Å². The number of hydrogen-bond acceptors (Lipinski definition) is 5. The number of fused-ring (bicyclic) bond motifs is 1. The summed E-state index contributed by atoms with van der Waals surface area (Å²) in [4.78, 5) is 13.1. The number of benzene rings is 4. The van der Waals surface area contributed by atoms with Crippen LogP contribution in [-0.4, -0.2) is 27.0 Å². The molecule has 1 amide bonds. The van der Waals surface area contributed by atoms with Crippen molar-refractivity contribution in [3.63, 3.8) is 0 Å². The molecule has 1 aliphatic rings. The molecule has 0 aliphatic carbocycles. The Balaban J connectivity index is 1.27. The normalized spacial score (nSPS) is 14.8. The zero-order valence-corrected chi connectivity index (χ0v) is 20.8. The zero-order chi connectivity index (χ0) is 25.7. The van der Waals surface area contributed by atoms with Crippen molar-refractivity contribution < 1.29 is 22.7 Å².